The van der Waals surface area contributed by atoms with E-state index in [1.54, 1.807) is 37.1 Å². The standard InChI is InChI=1S/C14H12N2O4/c1-7-12(14(18)19)13(15-20-7)8-3-4-10-9(5-8)6-11(17)16(10)2/h3-5H,6H2,1-2H3,(H,18,19). The highest BCUT2D eigenvalue weighted by Gasteiger charge is 2.26. The van der Waals surface area contributed by atoms with Gasteiger partial charge in [0.2, 0.25) is 5.91 Å². The van der Waals surface area contributed by atoms with E-state index >= 15 is 0 Å². The molecule has 1 aromatic carbocycles. The number of aromatic nitrogens is 1. The normalized spacial score (nSPS) is 13.7. The number of aryl methyl sites for hydroxylation is 1. The minimum atomic E-state index is -1.08. The molecule has 2 heterocycles. The number of carbonyl (C=O) groups is 2. The van der Waals surface area contributed by atoms with Crippen LogP contribution in [0.15, 0.2) is 22.7 Å². The summed E-state index contributed by atoms with van der Waals surface area (Å²) in [5.74, 6) is -0.791. The monoisotopic (exact) mass is 272 g/mol. The number of anilines is 1. The lowest BCUT2D eigenvalue weighted by Crippen LogP contribution is -2.20. The topological polar surface area (TPSA) is 83.6 Å². The number of likely N-dealkylation sites (N-methyl/N-ethyl adjacent to an activating group) is 1. The van der Waals surface area contributed by atoms with Crippen LogP contribution in [0.3, 0.4) is 0 Å². The van der Waals surface area contributed by atoms with Crippen LogP contribution in [0, 0.1) is 6.92 Å². The zero-order valence-corrected chi connectivity index (χ0v) is 11.0. The molecule has 0 spiro atoms. The van der Waals surface area contributed by atoms with E-state index in [0.29, 0.717) is 17.7 Å². The zero-order valence-electron chi connectivity index (χ0n) is 11.0. The molecule has 3 rings (SSSR count). The maximum absolute atomic E-state index is 11.7. The van der Waals surface area contributed by atoms with E-state index in [2.05, 4.69) is 5.16 Å². The first-order chi connectivity index (χ1) is 9.49. The highest BCUT2D eigenvalue weighted by Crippen LogP contribution is 2.33. The van der Waals surface area contributed by atoms with Crippen molar-refractivity contribution in [3.05, 3.63) is 35.1 Å². The second-order valence-electron chi connectivity index (χ2n) is 4.74. The van der Waals surface area contributed by atoms with Gasteiger partial charge < -0.3 is 14.5 Å². The summed E-state index contributed by atoms with van der Waals surface area (Å²) in [6.45, 7) is 1.56. The lowest BCUT2D eigenvalue weighted by molar-refractivity contribution is -0.117. The molecular weight excluding hydrogens is 260 g/mol. The van der Waals surface area contributed by atoms with E-state index in [4.69, 9.17) is 4.52 Å². The van der Waals surface area contributed by atoms with Crippen molar-refractivity contribution in [3.63, 3.8) is 0 Å². The van der Waals surface area contributed by atoms with E-state index < -0.39 is 5.97 Å². The molecule has 1 N–H and O–H groups in total. The Labute approximate surface area is 114 Å². The van der Waals surface area contributed by atoms with Crippen LogP contribution in [-0.2, 0) is 11.2 Å². The fourth-order valence-electron chi connectivity index (χ4n) is 2.44. The Kier molecular flexibility index (Phi) is 2.60. The third kappa shape index (κ3) is 1.69. The Morgan fingerprint density at radius 2 is 2.20 bits per heavy atom. The van der Waals surface area contributed by atoms with E-state index in [0.717, 1.165) is 11.3 Å². The van der Waals surface area contributed by atoms with Crippen LogP contribution in [0.2, 0.25) is 0 Å². The van der Waals surface area contributed by atoms with Crippen LogP contribution in [0.25, 0.3) is 11.3 Å². The van der Waals surface area contributed by atoms with Gasteiger partial charge in [0.15, 0.2) is 0 Å². The van der Waals surface area contributed by atoms with E-state index in [1.807, 2.05) is 0 Å². The predicted octanol–water partition coefficient (Wildman–Crippen LogP) is 1.87. The number of carbonyl (C=O) groups excluding carboxylic acids is 1. The first-order valence-electron chi connectivity index (χ1n) is 6.08. The van der Waals surface area contributed by atoms with Gasteiger partial charge in [0.25, 0.3) is 0 Å². The fourth-order valence-corrected chi connectivity index (χ4v) is 2.44. The summed E-state index contributed by atoms with van der Waals surface area (Å²) in [6.07, 6.45) is 0.318. The molecular formula is C14H12N2O4. The SMILES string of the molecule is Cc1onc(-c2ccc3c(c2)CC(=O)N3C)c1C(=O)O. The molecule has 0 saturated heterocycles. The van der Waals surface area contributed by atoms with Crippen LogP contribution in [-0.4, -0.2) is 29.2 Å². The van der Waals surface area contributed by atoms with Gasteiger partial charge >= 0.3 is 5.97 Å². The average Bonchev–Trinajstić information content (AvgIpc) is 2.91. The van der Waals surface area contributed by atoms with Crippen molar-refractivity contribution < 1.29 is 19.2 Å². The summed E-state index contributed by atoms with van der Waals surface area (Å²) in [5, 5.41) is 13.0. The summed E-state index contributed by atoms with van der Waals surface area (Å²) in [5.41, 5.74) is 2.70. The van der Waals surface area contributed by atoms with Gasteiger partial charge in [-0.05, 0) is 24.6 Å². The van der Waals surface area contributed by atoms with Gasteiger partial charge in [0, 0.05) is 18.3 Å². The largest absolute Gasteiger partial charge is 0.477 e. The number of carboxylic acid groups (broad SMARTS) is 1. The first-order valence-corrected chi connectivity index (χ1v) is 6.08. The number of amides is 1. The molecule has 1 aliphatic rings. The molecule has 2 aromatic rings. The van der Waals surface area contributed by atoms with Crippen LogP contribution < -0.4 is 4.90 Å². The molecule has 6 nitrogen and oxygen atoms in total. The molecule has 1 aromatic heterocycles. The minimum Gasteiger partial charge on any atom is -0.477 e. The molecule has 6 heteroatoms. The summed E-state index contributed by atoms with van der Waals surface area (Å²) in [7, 11) is 1.72. The lowest BCUT2D eigenvalue weighted by Gasteiger charge is -2.10. The smallest absolute Gasteiger partial charge is 0.341 e. The summed E-state index contributed by atoms with van der Waals surface area (Å²) >= 11 is 0. The molecule has 1 amide bonds. The molecule has 102 valence electrons. The van der Waals surface area contributed by atoms with Gasteiger partial charge in [-0.2, -0.15) is 0 Å². The van der Waals surface area contributed by atoms with Gasteiger partial charge in [0.1, 0.15) is 17.0 Å². The minimum absolute atomic E-state index is 0.0203. The Morgan fingerprint density at radius 1 is 1.45 bits per heavy atom. The lowest BCUT2D eigenvalue weighted by atomic mass is 10.0. The zero-order chi connectivity index (χ0) is 14.4. The second kappa shape index (κ2) is 4.19. The van der Waals surface area contributed by atoms with E-state index in [9.17, 15) is 14.7 Å². The third-order valence-corrected chi connectivity index (χ3v) is 3.51. The van der Waals surface area contributed by atoms with Crippen molar-refractivity contribution in [3.8, 4) is 11.3 Å². The number of nitrogens with zero attached hydrogens (tertiary/aromatic N) is 2. The first kappa shape index (κ1) is 12.4. The van der Waals surface area contributed by atoms with Gasteiger partial charge in [-0.15, -0.1) is 0 Å². The van der Waals surface area contributed by atoms with Crippen molar-refractivity contribution >= 4 is 17.6 Å². The van der Waals surface area contributed by atoms with Crippen molar-refractivity contribution in [2.75, 3.05) is 11.9 Å². The number of hydrogen-bond acceptors (Lipinski definition) is 4. The molecule has 0 saturated carbocycles. The molecule has 1 aliphatic heterocycles. The van der Waals surface area contributed by atoms with E-state index in [1.165, 1.54) is 0 Å². The number of carboxylic acids is 1. The number of aromatic carboxylic acids is 1. The Balaban J connectivity index is 2.12. The van der Waals surface area contributed by atoms with Gasteiger partial charge in [-0.3, -0.25) is 4.79 Å². The second-order valence-corrected chi connectivity index (χ2v) is 4.74. The predicted molar refractivity (Wildman–Crippen MR) is 70.7 cm³/mol. The van der Waals surface area contributed by atoms with Crippen molar-refractivity contribution in [1.29, 1.82) is 0 Å². The Bertz CT molecular complexity index is 733. The number of hydrogen-bond donors (Lipinski definition) is 1. The van der Waals surface area contributed by atoms with Crippen LogP contribution >= 0.6 is 0 Å². The van der Waals surface area contributed by atoms with Crippen molar-refractivity contribution in [2.45, 2.75) is 13.3 Å². The highest BCUT2D eigenvalue weighted by molar-refractivity contribution is 6.02. The summed E-state index contributed by atoms with van der Waals surface area (Å²) < 4.78 is 4.96. The van der Waals surface area contributed by atoms with E-state index in [-0.39, 0.29) is 17.2 Å². The molecule has 0 radical (unpaired) electrons. The number of rotatable bonds is 2. The van der Waals surface area contributed by atoms with Gasteiger partial charge in [0.05, 0.1) is 6.42 Å². The molecule has 0 fully saturated rings. The molecule has 0 unspecified atom stereocenters. The van der Waals surface area contributed by atoms with Crippen LogP contribution in [0.4, 0.5) is 5.69 Å². The molecule has 0 aliphatic carbocycles. The molecule has 0 atom stereocenters. The Hall–Kier alpha value is -2.63. The van der Waals surface area contributed by atoms with Crippen molar-refractivity contribution in [1.82, 2.24) is 5.16 Å². The summed E-state index contributed by atoms with van der Waals surface area (Å²) in [4.78, 5) is 24.5. The average molecular weight is 272 g/mol. The molecule has 0 bridgehead atoms. The highest BCUT2D eigenvalue weighted by atomic mass is 16.5. The summed E-state index contributed by atoms with van der Waals surface area (Å²) in [6, 6.07) is 5.34. The third-order valence-electron chi connectivity index (χ3n) is 3.51. The fraction of sp³-hybridized carbons (Fsp3) is 0.214. The van der Waals surface area contributed by atoms with Gasteiger partial charge in [-0.1, -0.05) is 11.2 Å². The van der Waals surface area contributed by atoms with Crippen LogP contribution in [0.1, 0.15) is 21.7 Å². The van der Waals surface area contributed by atoms with Gasteiger partial charge in [-0.25, -0.2) is 4.79 Å². The Morgan fingerprint density at radius 3 is 2.90 bits per heavy atom. The van der Waals surface area contributed by atoms with Crippen LogP contribution in [0.5, 0.6) is 0 Å². The maximum atomic E-state index is 11.7. The molecule has 20 heavy (non-hydrogen) atoms. The number of fused-ring (bicyclic) bond motifs is 1. The maximum Gasteiger partial charge on any atom is 0.341 e. The number of benzene rings is 1. The quantitative estimate of drug-likeness (QED) is 0.902. The van der Waals surface area contributed by atoms with Crippen molar-refractivity contribution in [2.24, 2.45) is 0 Å².